The molecule has 1 atom stereocenters. The lowest BCUT2D eigenvalue weighted by molar-refractivity contribution is 0.882. The van der Waals surface area contributed by atoms with Gasteiger partial charge in [-0.2, -0.15) is 0 Å². The standard InChI is InChI=1S/C14H13Cl2NS/c15-9-4-5-11(16)10(7-9)14(17)13-6-8-2-1-3-12(8)18-13/h4-7,14H,1-3,17H2. The molecule has 0 spiro atoms. The second-order valence-corrected chi connectivity index (χ2v) is 6.61. The fourth-order valence-electron chi connectivity index (χ4n) is 2.41. The maximum atomic E-state index is 6.31. The highest BCUT2D eigenvalue weighted by Gasteiger charge is 2.20. The Morgan fingerprint density at radius 2 is 2.00 bits per heavy atom. The van der Waals surface area contributed by atoms with Crippen LogP contribution in [0.4, 0.5) is 0 Å². The van der Waals surface area contributed by atoms with Crippen molar-refractivity contribution in [3.05, 3.63) is 55.2 Å². The highest BCUT2D eigenvalue weighted by atomic mass is 35.5. The van der Waals surface area contributed by atoms with Gasteiger partial charge in [0.15, 0.2) is 0 Å². The molecule has 94 valence electrons. The summed E-state index contributed by atoms with van der Waals surface area (Å²) >= 11 is 14.0. The van der Waals surface area contributed by atoms with E-state index in [1.54, 1.807) is 12.1 Å². The molecule has 3 rings (SSSR count). The fraction of sp³-hybridized carbons (Fsp3) is 0.286. The van der Waals surface area contributed by atoms with E-state index in [0.29, 0.717) is 10.0 Å². The van der Waals surface area contributed by atoms with Crippen LogP contribution in [0.15, 0.2) is 24.3 Å². The lowest BCUT2D eigenvalue weighted by atomic mass is 10.1. The van der Waals surface area contributed by atoms with E-state index in [9.17, 15) is 0 Å². The molecule has 18 heavy (non-hydrogen) atoms. The smallest absolute Gasteiger partial charge is 0.0661 e. The Balaban J connectivity index is 1.98. The van der Waals surface area contributed by atoms with Crippen LogP contribution in [0.1, 0.15) is 33.3 Å². The number of fused-ring (bicyclic) bond motifs is 1. The zero-order valence-corrected chi connectivity index (χ0v) is 12.1. The van der Waals surface area contributed by atoms with Crippen molar-refractivity contribution in [3.63, 3.8) is 0 Å². The van der Waals surface area contributed by atoms with Crippen molar-refractivity contribution in [2.45, 2.75) is 25.3 Å². The Labute approximate surface area is 121 Å². The third-order valence-corrected chi connectivity index (χ3v) is 5.26. The number of nitrogens with two attached hydrogens (primary N) is 1. The molecule has 2 N–H and O–H groups in total. The SMILES string of the molecule is NC(c1cc2c(s1)CCC2)c1cc(Cl)ccc1Cl. The molecule has 0 fully saturated rings. The molecule has 0 aliphatic heterocycles. The molecule has 1 aliphatic carbocycles. The third kappa shape index (κ3) is 2.19. The molecule has 1 aromatic carbocycles. The van der Waals surface area contributed by atoms with Crippen molar-refractivity contribution >= 4 is 34.5 Å². The number of hydrogen-bond acceptors (Lipinski definition) is 2. The molecule has 1 aliphatic rings. The lowest BCUT2D eigenvalue weighted by Crippen LogP contribution is -2.10. The van der Waals surface area contributed by atoms with Crippen LogP contribution in [-0.2, 0) is 12.8 Å². The Bertz CT molecular complexity index is 570. The van der Waals surface area contributed by atoms with Crippen molar-refractivity contribution in [3.8, 4) is 0 Å². The molecule has 0 bridgehead atoms. The summed E-state index contributed by atoms with van der Waals surface area (Å²) in [6, 6.07) is 7.51. The first-order chi connectivity index (χ1) is 8.65. The summed E-state index contributed by atoms with van der Waals surface area (Å²) in [5.74, 6) is 0. The van der Waals surface area contributed by atoms with Gasteiger partial charge >= 0.3 is 0 Å². The zero-order chi connectivity index (χ0) is 12.7. The van der Waals surface area contributed by atoms with Gasteiger partial charge in [0, 0.05) is 19.8 Å². The molecule has 2 aromatic rings. The van der Waals surface area contributed by atoms with Crippen LogP contribution < -0.4 is 5.73 Å². The van der Waals surface area contributed by atoms with Gasteiger partial charge in [0.1, 0.15) is 0 Å². The van der Waals surface area contributed by atoms with E-state index in [0.717, 1.165) is 5.56 Å². The first-order valence-corrected chi connectivity index (χ1v) is 7.54. The van der Waals surface area contributed by atoms with Crippen LogP contribution >= 0.6 is 34.5 Å². The Hall–Kier alpha value is -0.540. The van der Waals surface area contributed by atoms with E-state index < -0.39 is 0 Å². The number of aryl methyl sites for hydroxylation is 2. The molecule has 1 nitrogen and oxygen atoms in total. The first kappa shape index (κ1) is 12.5. The average molecular weight is 298 g/mol. The van der Waals surface area contributed by atoms with Crippen LogP contribution in [0.5, 0.6) is 0 Å². The van der Waals surface area contributed by atoms with Crippen molar-refractivity contribution in [1.29, 1.82) is 0 Å². The number of halogens is 2. The molecule has 0 saturated heterocycles. The normalized spacial score (nSPS) is 15.7. The minimum Gasteiger partial charge on any atom is -0.320 e. The largest absolute Gasteiger partial charge is 0.320 e. The number of rotatable bonds is 2. The van der Waals surface area contributed by atoms with Crippen molar-refractivity contribution in [2.24, 2.45) is 5.73 Å². The molecule has 0 radical (unpaired) electrons. The summed E-state index contributed by atoms with van der Waals surface area (Å²) in [4.78, 5) is 2.67. The van der Waals surface area contributed by atoms with Crippen LogP contribution in [-0.4, -0.2) is 0 Å². The van der Waals surface area contributed by atoms with Gasteiger partial charge in [0.25, 0.3) is 0 Å². The predicted octanol–water partition coefficient (Wildman–Crippen LogP) is 4.59. The number of benzene rings is 1. The molecule has 1 aromatic heterocycles. The second-order valence-electron chi connectivity index (χ2n) is 4.59. The first-order valence-electron chi connectivity index (χ1n) is 5.97. The summed E-state index contributed by atoms with van der Waals surface area (Å²) in [6.45, 7) is 0. The third-order valence-electron chi connectivity index (χ3n) is 3.37. The van der Waals surface area contributed by atoms with Crippen LogP contribution in [0.25, 0.3) is 0 Å². The van der Waals surface area contributed by atoms with E-state index in [2.05, 4.69) is 6.07 Å². The molecule has 1 heterocycles. The van der Waals surface area contributed by atoms with E-state index in [1.807, 2.05) is 17.4 Å². The topological polar surface area (TPSA) is 26.0 Å². The Morgan fingerprint density at radius 1 is 1.17 bits per heavy atom. The monoisotopic (exact) mass is 297 g/mol. The molecule has 0 saturated carbocycles. The highest BCUT2D eigenvalue weighted by molar-refractivity contribution is 7.12. The molecule has 4 heteroatoms. The van der Waals surface area contributed by atoms with E-state index in [1.165, 1.54) is 34.6 Å². The highest BCUT2D eigenvalue weighted by Crippen LogP contribution is 2.37. The Kier molecular flexibility index (Phi) is 3.37. The van der Waals surface area contributed by atoms with Crippen LogP contribution in [0.3, 0.4) is 0 Å². The fourth-order valence-corrected chi connectivity index (χ4v) is 4.11. The van der Waals surface area contributed by atoms with Gasteiger partial charge in [0.2, 0.25) is 0 Å². The average Bonchev–Trinajstić information content (AvgIpc) is 2.91. The lowest BCUT2D eigenvalue weighted by Gasteiger charge is -2.12. The minimum absolute atomic E-state index is 0.174. The summed E-state index contributed by atoms with van der Waals surface area (Å²) in [5, 5.41) is 1.36. The second kappa shape index (κ2) is 4.86. The van der Waals surface area contributed by atoms with Gasteiger partial charge in [-0.05, 0) is 54.7 Å². The van der Waals surface area contributed by atoms with Crippen molar-refractivity contribution in [2.75, 3.05) is 0 Å². The zero-order valence-electron chi connectivity index (χ0n) is 9.75. The van der Waals surface area contributed by atoms with E-state index >= 15 is 0 Å². The summed E-state index contributed by atoms with van der Waals surface area (Å²) in [7, 11) is 0. The Morgan fingerprint density at radius 3 is 2.78 bits per heavy atom. The quantitative estimate of drug-likeness (QED) is 0.862. The number of thiophene rings is 1. The van der Waals surface area contributed by atoms with Crippen LogP contribution in [0.2, 0.25) is 10.0 Å². The maximum Gasteiger partial charge on any atom is 0.0661 e. The summed E-state index contributed by atoms with van der Waals surface area (Å²) in [6.07, 6.45) is 3.65. The maximum absolute atomic E-state index is 6.31. The van der Waals surface area contributed by atoms with Gasteiger partial charge < -0.3 is 5.73 Å². The number of hydrogen-bond donors (Lipinski definition) is 1. The minimum atomic E-state index is -0.174. The van der Waals surface area contributed by atoms with Gasteiger partial charge in [-0.1, -0.05) is 23.2 Å². The van der Waals surface area contributed by atoms with Gasteiger partial charge in [-0.25, -0.2) is 0 Å². The summed E-state index contributed by atoms with van der Waals surface area (Å²) < 4.78 is 0. The molecular formula is C14H13Cl2NS. The van der Waals surface area contributed by atoms with Crippen molar-refractivity contribution < 1.29 is 0 Å². The molecule has 0 amide bonds. The van der Waals surface area contributed by atoms with Crippen LogP contribution in [0, 0.1) is 0 Å². The predicted molar refractivity (Wildman–Crippen MR) is 78.8 cm³/mol. The summed E-state index contributed by atoms with van der Waals surface area (Å²) in [5.41, 5.74) is 8.68. The van der Waals surface area contributed by atoms with E-state index in [4.69, 9.17) is 28.9 Å². The molecular weight excluding hydrogens is 285 g/mol. The van der Waals surface area contributed by atoms with Crippen molar-refractivity contribution in [1.82, 2.24) is 0 Å². The molecule has 1 unspecified atom stereocenters. The van der Waals surface area contributed by atoms with Gasteiger partial charge in [-0.3, -0.25) is 0 Å². The van der Waals surface area contributed by atoms with Gasteiger partial charge in [0.05, 0.1) is 6.04 Å². The van der Waals surface area contributed by atoms with Gasteiger partial charge in [-0.15, -0.1) is 11.3 Å². The van der Waals surface area contributed by atoms with E-state index in [-0.39, 0.29) is 6.04 Å².